The maximum atomic E-state index is 12.3. The second-order valence-corrected chi connectivity index (χ2v) is 14.9. The molecule has 0 saturated heterocycles. The summed E-state index contributed by atoms with van der Waals surface area (Å²) >= 11 is -3.92. The number of carbonyl (C=O) groups is 1. The van der Waals surface area contributed by atoms with E-state index in [1.54, 1.807) is 0 Å². The van der Waals surface area contributed by atoms with E-state index in [1.807, 2.05) is 54.6 Å². The summed E-state index contributed by atoms with van der Waals surface area (Å²) in [6.45, 7) is -0.120. The van der Waals surface area contributed by atoms with E-state index in [-0.39, 0.29) is 12.5 Å². The van der Waals surface area contributed by atoms with Gasteiger partial charge in [0, 0.05) is 0 Å². The Hall–Kier alpha value is -2.11. The Morgan fingerprint density at radius 1 is 0.708 bits per heavy atom. The van der Waals surface area contributed by atoms with Crippen LogP contribution in [0.1, 0.15) is 0 Å². The fourth-order valence-corrected chi connectivity index (χ4v) is 13.7. The molecule has 0 aliphatic rings. The molecule has 3 aromatic carbocycles. The Bertz CT molecular complexity index is 695. The zero-order valence-corrected chi connectivity index (χ0v) is 16.1. The van der Waals surface area contributed by atoms with E-state index >= 15 is 0 Å². The molecule has 24 heavy (non-hydrogen) atoms. The number of hydrogen-bond acceptors (Lipinski definition) is 3. The maximum absolute atomic E-state index is 12.3. The molecule has 0 amide bonds. The van der Waals surface area contributed by atoms with Crippen molar-refractivity contribution in [2.45, 2.75) is 0 Å². The van der Waals surface area contributed by atoms with Gasteiger partial charge in [-0.15, -0.1) is 0 Å². The molecule has 0 aromatic heterocycles. The van der Waals surface area contributed by atoms with Crippen molar-refractivity contribution in [3.8, 4) is 0 Å². The first kappa shape index (κ1) is 16.7. The van der Waals surface area contributed by atoms with Crippen LogP contribution >= 0.6 is 0 Å². The number of carbonyl (C=O) groups excluding carboxylic acids is 1. The van der Waals surface area contributed by atoms with E-state index in [4.69, 9.17) is 8.81 Å². The normalized spacial score (nSPS) is 11.0. The van der Waals surface area contributed by atoms with Gasteiger partial charge in [0.15, 0.2) is 0 Å². The fourth-order valence-electron chi connectivity index (χ4n) is 2.91. The molecule has 0 atom stereocenters. The van der Waals surface area contributed by atoms with Crippen LogP contribution < -0.4 is 16.5 Å². The summed E-state index contributed by atoms with van der Waals surface area (Å²) in [5.74, 6) is -0.359. The zero-order valence-electron chi connectivity index (χ0n) is 13.3. The van der Waals surface area contributed by atoms with Gasteiger partial charge in [0.05, 0.1) is 0 Å². The molecule has 3 aromatic rings. The first-order valence-electron chi connectivity index (χ1n) is 7.86. The molecule has 4 heteroatoms. The van der Waals surface area contributed by atoms with Gasteiger partial charge in [0.25, 0.3) is 0 Å². The van der Waals surface area contributed by atoms with Gasteiger partial charge >= 0.3 is 147 Å². The van der Waals surface area contributed by atoms with Crippen molar-refractivity contribution in [3.05, 3.63) is 91.0 Å². The Balaban J connectivity index is 2.30. The van der Waals surface area contributed by atoms with E-state index < -0.39 is 18.8 Å². The summed E-state index contributed by atoms with van der Waals surface area (Å²) in [6.07, 6.45) is 0. The van der Waals surface area contributed by atoms with Gasteiger partial charge in [-0.1, -0.05) is 0 Å². The predicted molar refractivity (Wildman–Crippen MR) is 99.1 cm³/mol. The van der Waals surface area contributed by atoms with Crippen LogP contribution in [0.25, 0.3) is 0 Å². The summed E-state index contributed by atoms with van der Waals surface area (Å²) in [4.78, 5) is 12.3. The standard InChI is InChI=1S/3C6H5.C2H5NO2.Sn/c3*1-2-4-6-5-3-1;3-1-2(4)5;/h3*1-5H;1,3H2,(H,4,5);/q;;;;+1/p-1. The van der Waals surface area contributed by atoms with E-state index in [0.29, 0.717) is 0 Å². The quantitative estimate of drug-likeness (QED) is 0.626. The van der Waals surface area contributed by atoms with Crippen molar-refractivity contribution in [1.82, 2.24) is 0 Å². The van der Waals surface area contributed by atoms with Crippen molar-refractivity contribution in [2.24, 2.45) is 5.73 Å². The van der Waals surface area contributed by atoms with Gasteiger partial charge in [-0.25, -0.2) is 0 Å². The van der Waals surface area contributed by atoms with Crippen LogP contribution in [-0.4, -0.2) is 31.3 Å². The van der Waals surface area contributed by atoms with Crippen molar-refractivity contribution in [3.63, 3.8) is 0 Å². The third kappa shape index (κ3) is 3.23. The van der Waals surface area contributed by atoms with Gasteiger partial charge in [-0.3, -0.25) is 0 Å². The minimum absolute atomic E-state index is 0.120. The SMILES string of the molecule is NCC(=O)[O][Sn]([c]1ccccc1)([c]1ccccc1)[c]1ccccc1. The van der Waals surface area contributed by atoms with Crippen LogP contribution in [0, 0.1) is 0 Å². The number of hydrogen-bond donors (Lipinski definition) is 1. The molecule has 0 fully saturated rings. The summed E-state index contributed by atoms with van der Waals surface area (Å²) in [5.41, 5.74) is 5.57. The third-order valence-corrected chi connectivity index (χ3v) is 15.3. The second-order valence-electron chi connectivity index (χ2n) is 5.46. The van der Waals surface area contributed by atoms with Crippen LogP contribution in [0.4, 0.5) is 0 Å². The number of rotatable bonds is 5. The zero-order chi connectivity index (χ0) is 16.8. The van der Waals surface area contributed by atoms with Crippen LogP contribution in [-0.2, 0) is 7.87 Å². The molecule has 0 radical (unpaired) electrons. The Morgan fingerprint density at radius 2 is 1.04 bits per heavy atom. The predicted octanol–water partition coefficient (Wildman–Crippen LogP) is 1.16. The molecule has 3 rings (SSSR count). The van der Waals surface area contributed by atoms with E-state index in [9.17, 15) is 4.79 Å². The summed E-state index contributed by atoms with van der Waals surface area (Å²) in [7, 11) is 0. The molecule has 0 unspecified atom stereocenters. The molecule has 0 aliphatic carbocycles. The van der Waals surface area contributed by atoms with Crippen LogP contribution in [0.15, 0.2) is 91.0 Å². The Labute approximate surface area is 146 Å². The van der Waals surface area contributed by atoms with Gasteiger partial charge < -0.3 is 0 Å². The average molecular weight is 424 g/mol. The van der Waals surface area contributed by atoms with Gasteiger partial charge in [0.2, 0.25) is 0 Å². The summed E-state index contributed by atoms with van der Waals surface area (Å²) in [6, 6.07) is 30.2. The first-order chi connectivity index (χ1) is 11.8. The van der Waals surface area contributed by atoms with Crippen molar-refractivity contribution in [2.75, 3.05) is 6.54 Å². The molecule has 0 spiro atoms. The summed E-state index contributed by atoms with van der Waals surface area (Å²) in [5, 5.41) is 0. The van der Waals surface area contributed by atoms with Crippen LogP contribution in [0.2, 0.25) is 0 Å². The Morgan fingerprint density at radius 3 is 1.33 bits per heavy atom. The van der Waals surface area contributed by atoms with E-state index in [2.05, 4.69) is 36.4 Å². The van der Waals surface area contributed by atoms with Gasteiger partial charge in [-0.05, 0) is 0 Å². The van der Waals surface area contributed by atoms with Crippen molar-refractivity contribution < 1.29 is 7.87 Å². The topological polar surface area (TPSA) is 52.3 Å². The monoisotopic (exact) mass is 425 g/mol. The van der Waals surface area contributed by atoms with Crippen LogP contribution in [0.3, 0.4) is 0 Å². The van der Waals surface area contributed by atoms with Crippen LogP contribution in [0.5, 0.6) is 0 Å². The molecule has 0 saturated carbocycles. The number of nitrogens with two attached hydrogens (primary N) is 1. The van der Waals surface area contributed by atoms with Crippen molar-refractivity contribution in [1.29, 1.82) is 0 Å². The van der Waals surface area contributed by atoms with E-state index in [1.165, 1.54) is 0 Å². The fraction of sp³-hybridized carbons (Fsp3) is 0.0500. The number of benzene rings is 3. The molecule has 120 valence electrons. The summed E-state index contributed by atoms with van der Waals surface area (Å²) < 4.78 is 9.46. The molecular formula is C20H19NO2Sn. The molecule has 3 nitrogen and oxygen atoms in total. The molecule has 2 N–H and O–H groups in total. The van der Waals surface area contributed by atoms with Gasteiger partial charge in [-0.2, -0.15) is 0 Å². The molecular weight excluding hydrogens is 405 g/mol. The average Bonchev–Trinajstić information content (AvgIpc) is 2.68. The first-order valence-corrected chi connectivity index (χ1v) is 13.3. The van der Waals surface area contributed by atoms with Gasteiger partial charge in [0.1, 0.15) is 0 Å². The van der Waals surface area contributed by atoms with Crippen molar-refractivity contribution >= 4 is 35.5 Å². The molecule has 0 aliphatic heterocycles. The minimum atomic E-state index is -3.92. The van der Waals surface area contributed by atoms with E-state index in [0.717, 1.165) is 10.7 Å². The Kier molecular flexibility index (Phi) is 5.33. The molecule has 0 bridgehead atoms. The molecule has 0 heterocycles. The second kappa shape index (κ2) is 7.64. The third-order valence-electron chi connectivity index (χ3n) is 3.97.